The first kappa shape index (κ1) is 26.4. The van der Waals surface area contributed by atoms with Crippen molar-refractivity contribution in [3.8, 4) is 34.8 Å². The van der Waals surface area contributed by atoms with Gasteiger partial charge in [-0.3, -0.25) is 0 Å². The summed E-state index contributed by atoms with van der Waals surface area (Å²) >= 11 is 0. The van der Waals surface area contributed by atoms with E-state index in [0.717, 1.165) is 30.4 Å². The maximum Gasteiger partial charge on any atom is 0.349 e. The first-order valence-corrected chi connectivity index (χ1v) is 12.4. The van der Waals surface area contributed by atoms with E-state index in [0.29, 0.717) is 35.2 Å². The normalized spacial score (nSPS) is 14.1. The number of benzene rings is 3. The van der Waals surface area contributed by atoms with E-state index in [1.807, 2.05) is 24.3 Å². The molecule has 3 aromatic carbocycles. The van der Waals surface area contributed by atoms with Crippen molar-refractivity contribution in [2.45, 2.75) is 32.1 Å². The number of unbranched alkanes of at least 4 members (excludes halogenated alkanes) is 2. The number of hydrogen-bond donors (Lipinski definition) is 1. The summed E-state index contributed by atoms with van der Waals surface area (Å²) in [6, 6.07) is 21.7. The molecule has 0 saturated heterocycles. The summed E-state index contributed by atoms with van der Waals surface area (Å²) in [7, 11) is 1.57. The van der Waals surface area contributed by atoms with Gasteiger partial charge in [-0.05, 0) is 42.8 Å². The number of nitrogens with two attached hydrogens (primary N) is 1. The highest BCUT2D eigenvalue weighted by Gasteiger charge is 2.33. The van der Waals surface area contributed by atoms with E-state index in [4.69, 9.17) is 29.4 Å². The van der Waals surface area contributed by atoms with Crippen LogP contribution < -0.4 is 29.4 Å². The Labute approximate surface area is 222 Å². The van der Waals surface area contributed by atoms with Crippen LogP contribution in [-0.4, -0.2) is 26.3 Å². The van der Waals surface area contributed by atoms with Gasteiger partial charge in [0.25, 0.3) is 0 Å². The largest absolute Gasteiger partial charge is 0.497 e. The molecule has 1 atom stereocenters. The third kappa shape index (κ3) is 6.19. The second-order valence-corrected chi connectivity index (χ2v) is 8.66. The molecule has 1 unspecified atom stereocenters. The SMILES string of the molecule is CCCCCOc1ccccc1C1C(C#N)=C(N)Oc2cc(OC(=O)COc3ccc(OC)cc3)ccc21. The molecule has 0 radical (unpaired) electrons. The molecular weight excluding hydrogens is 484 g/mol. The molecule has 3 aromatic rings. The highest BCUT2D eigenvalue weighted by atomic mass is 16.6. The molecule has 8 nitrogen and oxygen atoms in total. The Bertz CT molecular complexity index is 1340. The average molecular weight is 515 g/mol. The molecule has 1 aliphatic rings. The number of nitriles is 1. The van der Waals surface area contributed by atoms with Crippen molar-refractivity contribution in [3.05, 3.63) is 89.3 Å². The molecule has 0 aliphatic carbocycles. The van der Waals surface area contributed by atoms with Gasteiger partial charge in [-0.15, -0.1) is 0 Å². The number of carbonyl (C=O) groups excluding carboxylic acids is 1. The third-order valence-corrected chi connectivity index (χ3v) is 6.07. The molecule has 2 N–H and O–H groups in total. The molecule has 0 amide bonds. The van der Waals surface area contributed by atoms with Gasteiger partial charge >= 0.3 is 5.97 Å². The molecular formula is C30H30N2O6. The fourth-order valence-electron chi connectivity index (χ4n) is 4.18. The van der Waals surface area contributed by atoms with Crippen LogP contribution in [0.25, 0.3) is 0 Å². The van der Waals surface area contributed by atoms with Gasteiger partial charge in [0.15, 0.2) is 6.61 Å². The van der Waals surface area contributed by atoms with Crippen molar-refractivity contribution in [1.82, 2.24) is 0 Å². The van der Waals surface area contributed by atoms with Crippen LogP contribution in [0, 0.1) is 11.3 Å². The van der Waals surface area contributed by atoms with E-state index >= 15 is 0 Å². The van der Waals surface area contributed by atoms with E-state index in [9.17, 15) is 10.1 Å². The zero-order valence-electron chi connectivity index (χ0n) is 21.4. The minimum absolute atomic E-state index is 0.00268. The van der Waals surface area contributed by atoms with Gasteiger partial charge < -0.3 is 29.4 Å². The van der Waals surface area contributed by atoms with E-state index in [2.05, 4.69) is 13.0 Å². The van der Waals surface area contributed by atoms with Crippen LogP contribution in [0.1, 0.15) is 43.2 Å². The van der Waals surface area contributed by atoms with Gasteiger partial charge in [-0.1, -0.05) is 44.0 Å². The second-order valence-electron chi connectivity index (χ2n) is 8.66. The molecule has 0 saturated carbocycles. The van der Waals surface area contributed by atoms with Crippen LogP contribution in [0.4, 0.5) is 0 Å². The van der Waals surface area contributed by atoms with Crippen LogP contribution in [0.5, 0.6) is 28.7 Å². The number of ether oxygens (including phenoxy) is 5. The van der Waals surface area contributed by atoms with Gasteiger partial charge in [0.2, 0.25) is 5.88 Å². The molecule has 1 heterocycles. The van der Waals surface area contributed by atoms with Gasteiger partial charge in [0.1, 0.15) is 40.4 Å². The molecule has 0 aromatic heterocycles. The maximum absolute atomic E-state index is 12.4. The van der Waals surface area contributed by atoms with Gasteiger partial charge in [0.05, 0.1) is 19.6 Å². The lowest BCUT2D eigenvalue weighted by atomic mass is 9.83. The standard InChI is InChI=1S/C30H30N2O6/c1-3-4-7-16-35-26-9-6-5-8-23(26)29-24-15-14-22(17-27(24)38-30(32)25(29)18-31)37-28(33)19-36-21-12-10-20(34-2)11-13-21/h5-6,8-15,17,29H,3-4,7,16,19,32H2,1-2H3. The number of rotatable bonds is 11. The topological polar surface area (TPSA) is 113 Å². The van der Waals surface area contributed by atoms with Crippen molar-refractivity contribution < 1.29 is 28.5 Å². The highest BCUT2D eigenvalue weighted by molar-refractivity contribution is 5.74. The Kier molecular flexibility index (Phi) is 8.73. The van der Waals surface area contributed by atoms with Crippen LogP contribution >= 0.6 is 0 Å². The first-order valence-electron chi connectivity index (χ1n) is 12.4. The lowest BCUT2D eigenvalue weighted by molar-refractivity contribution is -0.136. The Morgan fingerprint density at radius 2 is 1.71 bits per heavy atom. The Morgan fingerprint density at radius 1 is 0.974 bits per heavy atom. The van der Waals surface area contributed by atoms with E-state index in [1.54, 1.807) is 49.6 Å². The highest BCUT2D eigenvalue weighted by Crippen LogP contribution is 2.45. The summed E-state index contributed by atoms with van der Waals surface area (Å²) < 4.78 is 27.9. The quantitative estimate of drug-likeness (QED) is 0.204. The number of hydrogen-bond acceptors (Lipinski definition) is 8. The number of fused-ring (bicyclic) bond motifs is 1. The number of allylic oxidation sites excluding steroid dienone is 1. The minimum Gasteiger partial charge on any atom is -0.497 e. The van der Waals surface area contributed by atoms with Crippen molar-refractivity contribution >= 4 is 5.97 Å². The second kappa shape index (κ2) is 12.5. The van der Waals surface area contributed by atoms with Crippen LogP contribution in [0.3, 0.4) is 0 Å². The first-order chi connectivity index (χ1) is 18.5. The molecule has 196 valence electrons. The molecule has 4 rings (SSSR count). The summed E-state index contributed by atoms with van der Waals surface area (Å²) in [5.74, 6) is 1.47. The lowest BCUT2D eigenvalue weighted by Gasteiger charge is -2.28. The molecule has 0 spiro atoms. The summed E-state index contributed by atoms with van der Waals surface area (Å²) in [5.41, 5.74) is 7.98. The Hall–Kier alpha value is -4.64. The smallest absolute Gasteiger partial charge is 0.349 e. The fourth-order valence-corrected chi connectivity index (χ4v) is 4.18. The van der Waals surface area contributed by atoms with E-state index < -0.39 is 11.9 Å². The van der Waals surface area contributed by atoms with Crippen molar-refractivity contribution in [3.63, 3.8) is 0 Å². The van der Waals surface area contributed by atoms with E-state index in [-0.39, 0.29) is 18.2 Å². The van der Waals surface area contributed by atoms with Crippen LogP contribution in [-0.2, 0) is 4.79 Å². The number of para-hydroxylation sites is 1. The number of esters is 1. The average Bonchev–Trinajstić information content (AvgIpc) is 2.94. The zero-order chi connectivity index (χ0) is 26.9. The monoisotopic (exact) mass is 514 g/mol. The summed E-state index contributed by atoms with van der Waals surface area (Å²) in [6.07, 6.45) is 3.11. The van der Waals surface area contributed by atoms with Crippen molar-refractivity contribution in [1.29, 1.82) is 5.26 Å². The zero-order valence-corrected chi connectivity index (χ0v) is 21.4. The molecule has 38 heavy (non-hydrogen) atoms. The number of carbonyl (C=O) groups is 1. The number of methoxy groups -OCH3 is 1. The Morgan fingerprint density at radius 3 is 2.45 bits per heavy atom. The Balaban J connectivity index is 1.52. The summed E-state index contributed by atoms with van der Waals surface area (Å²) in [4.78, 5) is 12.4. The van der Waals surface area contributed by atoms with Crippen LogP contribution in [0.15, 0.2) is 78.2 Å². The maximum atomic E-state index is 12.4. The predicted molar refractivity (Wildman–Crippen MR) is 141 cm³/mol. The summed E-state index contributed by atoms with van der Waals surface area (Å²) in [5, 5.41) is 9.91. The molecule has 1 aliphatic heterocycles. The summed E-state index contributed by atoms with van der Waals surface area (Å²) in [6.45, 7) is 2.44. The lowest BCUT2D eigenvalue weighted by Crippen LogP contribution is -2.22. The minimum atomic E-state index is -0.583. The van der Waals surface area contributed by atoms with Gasteiger partial charge in [0, 0.05) is 17.2 Å². The van der Waals surface area contributed by atoms with Gasteiger partial charge in [-0.2, -0.15) is 5.26 Å². The third-order valence-electron chi connectivity index (χ3n) is 6.07. The van der Waals surface area contributed by atoms with Crippen molar-refractivity contribution in [2.24, 2.45) is 5.73 Å². The molecule has 8 heteroatoms. The fraction of sp³-hybridized carbons (Fsp3) is 0.267. The predicted octanol–water partition coefficient (Wildman–Crippen LogP) is 5.47. The van der Waals surface area contributed by atoms with E-state index in [1.165, 1.54) is 0 Å². The number of nitrogens with zero attached hydrogens (tertiary/aromatic N) is 1. The van der Waals surface area contributed by atoms with Gasteiger partial charge in [-0.25, -0.2) is 4.79 Å². The molecule has 0 bridgehead atoms. The van der Waals surface area contributed by atoms with Crippen LogP contribution in [0.2, 0.25) is 0 Å². The molecule has 0 fully saturated rings. The van der Waals surface area contributed by atoms with Crippen molar-refractivity contribution in [2.75, 3.05) is 20.3 Å².